The van der Waals surface area contributed by atoms with Gasteiger partial charge < -0.3 is 34.6 Å². The molecule has 6 heterocycles. The zero-order chi connectivity index (χ0) is 45.4. The van der Waals surface area contributed by atoms with Crippen LogP contribution in [-0.4, -0.2) is 130 Å². The van der Waals surface area contributed by atoms with Gasteiger partial charge in [0.05, 0.1) is 17.3 Å². The number of anilines is 1. The molecule has 1 aromatic carbocycles. The molecule has 64 heavy (non-hydrogen) atoms. The molecule has 2 aromatic heterocycles. The number of alkyl carbamates (subject to hydrolysis) is 1. The summed E-state index contributed by atoms with van der Waals surface area (Å²) in [6.45, 7) is 6.33. The van der Waals surface area contributed by atoms with Crippen molar-refractivity contribution in [3.63, 3.8) is 0 Å². The number of benzene rings is 1. The Morgan fingerprint density at radius 2 is 1.77 bits per heavy atom. The highest BCUT2D eigenvalue weighted by molar-refractivity contribution is 7.93. The van der Waals surface area contributed by atoms with E-state index in [1.54, 1.807) is 12.1 Å². The first-order valence-corrected chi connectivity index (χ1v) is 25.9. The number of piperidine rings is 2. The van der Waals surface area contributed by atoms with E-state index in [-0.39, 0.29) is 53.0 Å². The molecule has 4 fully saturated rings. The molecule has 348 valence electrons. The van der Waals surface area contributed by atoms with Crippen molar-refractivity contribution in [2.45, 2.75) is 92.9 Å². The lowest BCUT2D eigenvalue weighted by atomic mass is 9.66. The van der Waals surface area contributed by atoms with Crippen molar-refractivity contribution in [2.75, 3.05) is 70.6 Å². The second kappa shape index (κ2) is 18.7. The van der Waals surface area contributed by atoms with Gasteiger partial charge in [0.15, 0.2) is 31.3 Å². The van der Waals surface area contributed by atoms with E-state index < -0.39 is 42.9 Å². The Morgan fingerprint density at radius 3 is 2.50 bits per heavy atom. The first kappa shape index (κ1) is 45.9. The standard InChI is InChI=1S/C45H60F2N8O7S2/c1-45(11-4-8-40(45)51-44(57)62-2)37-24-39(55-17-13-48-41(55)21-30-19-33(37)22-34(46)20-30)32-9-15-52(16-10-32)26-31-27-54(28-31)42-38(47)23-36(25-50-42)64(60,61)35-7-5-14-53(29-35)43(56)49-12-6-18-63(3,58)59/h6,13,17-20,22-23,25,31-32,35,37,39-40H,4-5,7-12,14-16,21,24,26-29H2,1-3H3,(H,49,56)(H,51,57)/b18-6+/t35-,37-,39?,40+,45-/m1/s1. The third-order valence-corrected chi connectivity index (χ3v) is 17.3. The fraction of sp³-hybridized carbons (Fsp3) is 0.600. The Labute approximate surface area is 374 Å². The summed E-state index contributed by atoms with van der Waals surface area (Å²) >= 11 is 0. The minimum absolute atomic E-state index is 0.0196. The molecule has 15 nitrogen and oxygen atoms in total. The van der Waals surface area contributed by atoms with Crippen molar-refractivity contribution < 1.29 is 39.9 Å². The van der Waals surface area contributed by atoms with E-state index in [1.165, 1.54) is 24.3 Å². The Balaban J connectivity index is 0.876. The van der Waals surface area contributed by atoms with Crippen LogP contribution in [0.25, 0.3) is 0 Å². The van der Waals surface area contributed by atoms with Crippen molar-refractivity contribution in [1.82, 2.24) is 35.0 Å². The summed E-state index contributed by atoms with van der Waals surface area (Å²) in [5.74, 6) is 0.703. The molecule has 2 bridgehead atoms. The quantitative estimate of drug-likeness (QED) is 0.251. The summed E-state index contributed by atoms with van der Waals surface area (Å²) in [5, 5.41) is 5.77. The Morgan fingerprint density at radius 1 is 0.984 bits per heavy atom. The van der Waals surface area contributed by atoms with Crippen LogP contribution in [0.3, 0.4) is 0 Å². The van der Waals surface area contributed by atoms with Crippen molar-refractivity contribution in [1.29, 1.82) is 0 Å². The van der Waals surface area contributed by atoms with Gasteiger partial charge >= 0.3 is 12.1 Å². The molecule has 3 amide bonds. The predicted octanol–water partition coefficient (Wildman–Crippen LogP) is 5.44. The molecule has 4 aliphatic heterocycles. The highest BCUT2D eigenvalue weighted by atomic mass is 32.2. The molecular weight excluding hydrogens is 867 g/mol. The number of fused-ring (bicyclic) bond motifs is 3. The van der Waals surface area contributed by atoms with Gasteiger partial charge in [-0.2, -0.15) is 0 Å². The van der Waals surface area contributed by atoms with Crippen LogP contribution in [0.15, 0.2) is 59.2 Å². The molecule has 5 aliphatic rings. The molecule has 0 spiro atoms. The van der Waals surface area contributed by atoms with Crippen molar-refractivity contribution >= 4 is 37.6 Å². The monoisotopic (exact) mass is 926 g/mol. The zero-order valence-corrected chi connectivity index (χ0v) is 38.4. The molecule has 1 saturated carbocycles. The van der Waals surface area contributed by atoms with Crippen LogP contribution in [0.5, 0.6) is 0 Å². The third kappa shape index (κ3) is 9.95. The molecule has 3 aromatic rings. The highest BCUT2D eigenvalue weighted by Crippen LogP contribution is 2.54. The molecule has 1 aliphatic carbocycles. The minimum Gasteiger partial charge on any atom is -0.453 e. The predicted molar refractivity (Wildman–Crippen MR) is 237 cm³/mol. The Hall–Kier alpha value is -4.62. The number of imidazole rings is 1. The van der Waals surface area contributed by atoms with Crippen LogP contribution >= 0.6 is 0 Å². The van der Waals surface area contributed by atoms with E-state index in [0.717, 1.165) is 92.8 Å². The van der Waals surface area contributed by atoms with Gasteiger partial charge in [0.1, 0.15) is 11.6 Å². The van der Waals surface area contributed by atoms with Crippen molar-refractivity contribution in [3.8, 4) is 0 Å². The molecule has 5 atom stereocenters. The average Bonchev–Trinajstić information content (AvgIpc) is 3.86. The number of rotatable bonds is 11. The Bertz CT molecular complexity index is 2460. The van der Waals surface area contributed by atoms with Crippen LogP contribution < -0.4 is 15.5 Å². The Kier molecular flexibility index (Phi) is 13.4. The van der Waals surface area contributed by atoms with Crippen LogP contribution in [0.4, 0.5) is 24.2 Å². The molecular formula is C45H60F2N8O7S2. The first-order chi connectivity index (χ1) is 30.5. The summed E-state index contributed by atoms with van der Waals surface area (Å²) in [6, 6.07) is 5.98. The number of hydrogen-bond acceptors (Lipinski definition) is 11. The number of ether oxygens (including phenoxy) is 1. The average molecular weight is 927 g/mol. The normalized spacial score (nSPS) is 26.1. The van der Waals surface area contributed by atoms with E-state index in [9.17, 15) is 26.4 Å². The fourth-order valence-electron chi connectivity index (χ4n) is 11.1. The highest BCUT2D eigenvalue weighted by Gasteiger charge is 2.48. The van der Waals surface area contributed by atoms with Crippen LogP contribution in [-0.2, 0) is 30.8 Å². The summed E-state index contributed by atoms with van der Waals surface area (Å²) in [6.07, 6.45) is 13.7. The number of amides is 3. The number of pyridine rings is 1. The van der Waals surface area contributed by atoms with Gasteiger partial charge in [0.25, 0.3) is 0 Å². The molecule has 3 saturated heterocycles. The number of methoxy groups -OCH3 is 1. The smallest absolute Gasteiger partial charge is 0.407 e. The van der Waals surface area contributed by atoms with Gasteiger partial charge in [0, 0.05) is 93.9 Å². The van der Waals surface area contributed by atoms with Crippen LogP contribution in [0.1, 0.15) is 87.2 Å². The lowest BCUT2D eigenvalue weighted by Crippen LogP contribution is -2.53. The summed E-state index contributed by atoms with van der Waals surface area (Å²) < 4.78 is 88.2. The lowest BCUT2D eigenvalue weighted by Gasteiger charge is -2.46. The van der Waals surface area contributed by atoms with Crippen LogP contribution in [0.2, 0.25) is 0 Å². The summed E-state index contributed by atoms with van der Waals surface area (Å²) in [7, 11) is -5.96. The van der Waals surface area contributed by atoms with Gasteiger partial charge in [-0.1, -0.05) is 25.5 Å². The maximum Gasteiger partial charge on any atom is 0.407 e. The molecule has 8 rings (SSSR count). The number of nitrogens with one attached hydrogen (secondary N) is 2. The number of aromatic nitrogens is 3. The van der Waals surface area contributed by atoms with E-state index in [2.05, 4.69) is 44.3 Å². The van der Waals surface area contributed by atoms with Gasteiger partial charge in [-0.25, -0.2) is 45.2 Å². The maximum absolute atomic E-state index is 15.6. The minimum atomic E-state index is -4.00. The van der Waals surface area contributed by atoms with Gasteiger partial charge in [-0.05, 0) is 105 Å². The topological polar surface area (TPSA) is 176 Å². The molecule has 1 unspecified atom stereocenters. The summed E-state index contributed by atoms with van der Waals surface area (Å²) in [4.78, 5) is 39.8. The largest absolute Gasteiger partial charge is 0.453 e. The number of carbonyl (C=O) groups is 2. The van der Waals surface area contributed by atoms with Gasteiger partial charge in [0.2, 0.25) is 0 Å². The number of hydrogen-bond donors (Lipinski definition) is 2. The molecule has 0 radical (unpaired) electrons. The van der Waals surface area contributed by atoms with E-state index in [4.69, 9.17) is 9.72 Å². The second-order valence-corrected chi connectivity index (χ2v) is 22.9. The number of urea groups is 1. The van der Waals surface area contributed by atoms with E-state index >= 15 is 8.78 Å². The van der Waals surface area contributed by atoms with Crippen molar-refractivity contribution in [2.24, 2.45) is 17.3 Å². The first-order valence-electron chi connectivity index (χ1n) is 22.4. The third-order valence-electron chi connectivity index (χ3n) is 14.5. The fourth-order valence-corrected chi connectivity index (χ4v) is 13.3. The number of nitrogens with zero attached hydrogens (tertiary/aromatic N) is 6. The zero-order valence-electron chi connectivity index (χ0n) is 36.8. The lowest BCUT2D eigenvalue weighted by molar-refractivity contribution is 0.101. The molecule has 19 heteroatoms. The second-order valence-electron chi connectivity index (χ2n) is 18.8. The van der Waals surface area contributed by atoms with Crippen molar-refractivity contribution in [3.05, 3.63) is 82.9 Å². The van der Waals surface area contributed by atoms with E-state index in [0.29, 0.717) is 50.7 Å². The number of carbonyl (C=O) groups excluding carboxylic acids is 2. The van der Waals surface area contributed by atoms with Gasteiger partial charge in [-0.3, -0.25) is 0 Å². The SMILES string of the molecule is COC(=O)N[C@H]1CCC[C@]1(C)[C@@H]1CC(C2CCN(CC3CN(c4ncc(S(=O)(=O)[C@@H]5CCCN(C(=O)NC/C=C/S(C)(=O)=O)C5)cc4F)C3)CC2)n2ccnc2Cc2cc(F)cc1c2. The molecule has 2 N–H and O–H groups in total. The van der Waals surface area contributed by atoms with E-state index in [1.807, 2.05) is 11.1 Å². The number of sulfone groups is 2. The van der Waals surface area contributed by atoms with Crippen LogP contribution in [0, 0.1) is 28.9 Å². The number of likely N-dealkylation sites (tertiary alicyclic amines) is 2. The maximum atomic E-state index is 15.6. The summed E-state index contributed by atoms with van der Waals surface area (Å²) in [5.41, 5.74) is 1.55. The number of halogens is 2. The van der Waals surface area contributed by atoms with Gasteiger partial charge in [-0.15, -0.1) is 0 Å².